The average molecular weight is 420 g/mol. The first-order chi connectivity index (χ1) is 10.0. The minimum Gasteiger partial charge on any atom is -0.465 e. The Labute approximate surface area is 140 Å². The van der Waals surface area contributed by atoms with Crippen molar-refractivity contribution in [2.24, 2.45) is 0 Å². The van der Waals surface area contributed by atoms with Crippen LogP contribution in [0.5, 0.6) is 0 Å². The zero-order chi connectivity index (χ0) is 15.4. The number of nitrogens with one attached hydrogen (secondary N) is 2. The molecule has 1 heterocycles. The first-order valence-corrected chi connectivity index (χ1v) is 8.20. The van der Waals surface area contributed by atoms with Crippen LogP contribution in [0, 0.1) is 0 Å². The molecular weight excluding hydrogens is 404 g/mol. The molecule has 1 atom stereocenters. The van der Waals surface area contributed by atoms with E-state index in [2.05, 4.69) is 42.5 Å². The molecule has 0 bridgehead atoms. The molecule has 1 aromatic carbocycles. The van der Waals surface area contributed by atoms with E-state index in [0.29, 0.717) is 22.1 Å². The Morgan fingerprint density at radius 3 is 2.81 bits per heavy atom. The van der Waals surface area contributed by atoms with Crippen LogP contribution in [0.2, 0.25) is 0 Å². The SMILES string of the molecule is COC(=O)c1cc(Br)cc(Br)c1NC(=O)CC1CCCN1. The van der Waals surface area contributed by atoms with Gasteiger partial charge in [0.05, 0.1) is 18.4 Å². The van der Waals surface area contributed by atoms with Crippen molar-refractivity contribution in [1.29, 1.82) is 0 Å². The van der Waals surface area contributed by atoms with E-state index in [4.69, 9.17) is 4.74 Å². The fourth-order valence-electron chi connectivity index (χ4n) is 2.32. The number of carbonyl (C=O) groups is 2. The summed E-state index contributed by atoms with van der Waals surface area (Å²) in [4.78, 5) is 24.0. The first kappa shape index (κ1) is 16.5. The molecule has 2 N–H and O–H groups in total. The van der Waals surface area contributed by atoms with E-state index in [1.807, 2.05) is 0 Å². The number of methoxy groups -OCH3 is 1. The second-order valence-corrected chi connectivity index (χ2v) is 6.62. The van der Waals surface area contributed by atoms with Crippen molar-refractivity contribution in [3.63, 3.8) is 0 Å². The molecule has 1 aliphatic heterocycles. The number of hydrogen-bond acceptors (Lipinski definition) is 4. The molecule has 2 rings (SSSR count). The summed E-state index contributed by atoms with van der Waals surface area (Å²) in [5, 5.41) is 6.07. The molecule has 1 fully saturated rings. The maximum Gasteiger partial charge on any atom is 0.340 e. The van der Waals surface area contributed by atoms with Gasteiger partial charge in [0, 0.05) is 21.4 Å². The average Bonchev–Trinajstić information content (AvgIpc) is 2.93. The third-order valence-electron chi connectivity index (χ3n) is 3.32. The zero-order valence-corrected chi connectivity index (χ0v) is 14.7. The number of anilines is 1. The van der Waals surface area contributed by atoms with E-state index < -0.39 is 5.97 Å². The molecule has 1 saturated heterocycles. The van der Waals surface area contributed by atoms with Crippen LogP contribution in [0.15, 0.2) is 21.1 Å². The van der Waals surface area contributed by atoms with Gasteiger partial charge < -0.3 is 15.4 Å². The van der Waals surface area contributed by atoms with Crippen molar-refractivity contribution in [1.82, 2.24) is 5.32 Å². The summed E-state index contributed by atoms with van der Waals surface area (Å²) >= 11 is 6.69. The smallest absolute Gasteiger partial charge is 0.340 e. The molecule has 1 unspecified atom stereocenters. The van der Waals surface area contributed by atoms with Gasteiger partial charge in [0.25, 0.3) is 0 Å². The van der Waals surface area contributed by atoms with Gasteiger partial charge in [-0.3, -0.25) is 4.79 Å². The van der Waals surface area contributed by atoms with Crippen LogP contribution in [0.25, 0.3) is 0 Å². The summed E-state index contributed by atoms with van der Waals surface area (Å²) in [5.41, 5.74) is 0.750. The number of rotatable bonds is 4. The molecule has 0 radical (unpaired) electrons. The highest BCUT2D eigenvalue weighted by Crippen LogP contribution is 2.31. The summed E-state index contributed by atoms with van der Waals surface area (Å²) in [5.74, 6) is -0.617. The second-order valence-electron chi connectivity index (χ2n) is 4.85. The van der Waals surface area contributed by atoms with E-state index in [9.17, 15) is 9.59 Å². The molecule has 5 nitrogen and oxygen atoms in total. The lowest BCUT2D eigenvalue weighted by Gasteiger charge is -2.14. The molecule has 0 spiro atoms. The van der Waals surface area contributed by atoms with Gasteiger partial charge in [0.1, 0.15) is 0 Å². The highest BCUT2D eigenvalue weighted by Gasteiger charge is 2.21. The standard InChI is InChI=1S/C14H16Br2N2O3/c1-21-14(20)10-5-8(15)6-11(16)13(10)18-12(19)7-9-3-2-4-17-9/h5-6,9,17H,2-4,7H2,1H3,(H,18,19). The number of esters is 1. The fraction of sp³-hybridized carbons (Fsp3) is 0.429. The topological polar surface area (TPSA) is 67.4 Å². The van der Waals surface area contributed by atoms with E-state index in [1.165, 1.54) is 7.11 Å². The summed E-state index contributed by atoms with van der Waals surface area (Å²) in [6.45, 7) is 0.952. The Kier molecular flexibility index (Phi) is 5.78. The molecule has 0 saturated carbocycles. The Hall–Kier alpha value is -0.920. The normalized spacial score (nSPS) is 17.6. The minimum absolute atomic E-state index is 0.123. The van der Waals surface area contributed by atoms with Crippen molar-refractivity contribution in [2.75, 3.05) is 19.0 Å². The van der Waals surface area contributed by atoms with Gasteiger partial charge in [-0.2, -0.15) is 0 Å². The van der Waals surface area contributed by atoms with Gasteiger partial charge in [-0.25, -0.2) is 4.79 Å². The predicted molar refractivity (Wildman–Crippen MR) is 87.5 cm³/mol. The molecule has 114 valence electrons. The Morgan fingerprint density at radius 1 is 1.43 bits per heavy atom. The molecule has 1 amide bonds. The number of hydrogen-bond donors (Lipinski definition) is 2. The quantitative estimate of drug-likeness (QED) is 0.736. The molecule has 21 heavy (non-hydrogen) atoms. The fourth-order valence-corrected chi connectivity index (χ4v) is 3.64. The van der Waals surface area contributed by atoms with E-state index in [1.54, 1.807) is 12.1 Å². The lowest BCUT2D eigenvalue weighted by atomic mass is 10.1. The van der Waals surface area contributed by atoms with E-state index in [-0.39, 0.29) is 11.9 Å². The van der Waals surface area contributed by atoms with Crippen LogP contribution in [0.1, 0.15) is 29.6 Å². The van der Waals surface area contributed by atoms with Crippen molar-refractivity contribution < 1.29 is 14.3 Å². The van der Waals surface area contributed by atoms with Crippen LogP contribution in [0.3, 0.4) is 0 Å². The summed E-state index contributed by atoms with van der Waals surface area (Å²) in [7, 11) is 1.31. The highest BCUT2D eigenvalue weighted by atomic mass is 79.9. The Morgan fingerprint density at radius 2 is 2.19 bits per heavy atom. The number of halogens is 2. The molecule has 7 heteroatoms. The molecular formula is C14H16Br2N2O3. The summed E-state index contributed by atoms with van der Waals surface area (Å²) < 4.78 is 6.11. The van der Waals surface area contributed by atoms with Gasteiger partial charge in [0.15, 0.2) is 0 Å². The minimum atomic E-state index is -0.494. The molecule has 1 aromatic rings. The van der Waals surface area contributed by atoms with Crippen molar-refractivity contribution in [3.05, 3.63) is 26.6 Å². The van der Waals surface area contributed by atoms with Gasteiger partial charge >= 0.3 is 5.97 Å². The van der Waals surface area contributed by atoms with Crippen LogP contribution in [-0.2, 0) is 9.53 Å². The molecule has 0 aromatic heterocycles. The maximum atomic E-state index is 12.1. The monoisotopic (exact) mass is 418 g/mol. The van der Waals surface area contributed by atoms with Gasteiger partial charge in [-0.1, -0.05) is 15.9 Å². The number of carbonyl (C=O) groups excluding carboxylic acids is 2. The third-order valence-corrected chi connectivity index (χ3v) is 4.40. The van der Waals surface area contributed by atoms with Crippen LogP contribution in [-0.4, -0.2) is 31.6 Å². The maximum absolute atomic E-state index is 12.1. The van der Waals surface area contributed by atoms with Crippen LogP contribution < -0.4 is 10.6 Å². The lowest BCUT2D eigenvalue weighted by Crippen LogP contribution is -2.28. The largest absolute Gasteiger partial charge is 0.465 e. The van der Waals surface area contributed by atoms with Crippen molar-refractivity contribution >= 4 is 49.4 Å². The van der Waals surface area contributed by atoms with Crippen molar-refractivity contribution in [3.8, 4) is 0 Å². The van der Waals surface area contributed by atoms with Crippen molar-refractivity contribution in [2.45, 2.75) is 25.3 Å². The summed E-state index contributed by atoms with van der Waals surface area (Å²) in [6, 6.07) is 3.61. The van der Waals surface area contributed by atoms with Gasteiger partial charge in [0.2, 0.25) is 5.91 Å². The lowest BCUT2D eigenvalue weighted by molar-refractivity contribution is -0.116. The molecule has 1 aliphatic rings. The highest BCUT2D eigenvalue weighted by molar-refractivity contribution is 9.11. The van der Waals surface area contributed by atoms with Gasteiger partial charge in [-0.05, 0) is 47.4 Å². The van der Waals surface area contributed by atoms with Crippen LogP contribution in [0.4, 0.5) is 5.69 Å². The molecule has 0 aliphatic carbocycles. The number of benzene rings is 1. The first-order valence-electron chi connectivity index (χ1n) is 6.62. The number of ether oxygens (including phenoxy) is 1. The summed E-state index contributed by atoms with van der Waals surface area (Å²) in [6.07, 6.45) is 2.48. The second kappa shape index (κ2) is 7.38. The van der Waals surface area contributed by atoms with E-state index in [0.717, 1.165) is 23.9 Å². The van der Waals surface area contributed by atoms with Gasteiger partial charge in [-0.15, -0.1) is 0 Å². The Bertz CT molecular complexity index is 557. The third kappa shape index (κ3) is 4.28. The van der Waals surface area contributed by atoms with E-state index >= 15 is 0 Å². The van der Waals surface area contributed by atoms with Crippen LogP contribution >= 0.6 is 31.9 Å². The Balaban J connectivity index is 2.17. The number of amides is 1. The zero-order valence-electron chi connectivity index (χ0n) is 11.5. The predicted octanol–water partition coefficient (Wildman–Crippen LogP) is 3.08.